The second kappa shape index (κ2) is 7.75. The molecular formula is C14H20ClN3O2. The van der Waals surface area contributed by atoms with Crippen LogP contribution >= 0.6 is 11.6 Å². The Labute approximate surface area is 124 Å². The first kappa shape index (κ1) is 16.3. The van der Waals surface area contributed by atoms with Gasteiger partial charge in [0, 0.05) is 23.8 Å². The molecule has 110 valence electrons. The van der Waals surface area contributed by atoms with Gasteiger partial charge in [-0.25, -0.2) is 0 Å². The molecular weight excluding hydrogens is 278 g/mol. The molecule has 3 N–H and O–H groups in total. The highest BCUT2D eigenvalue weighted by molar-refractivity contribution is 6.30. The number of amides is 2. The standard InChI is InChI=1S/C14H20ClN3O2/c1-3-18(4-2)13(19)9-12(14(16)20)17-11-7-5-10(15)6-8-11/h5-8,12,17H,3-4,9H2,1-2H3,(H2,16,20). The third-order valence-corrected chi connectivity index (χ3v) is 3.28. The van der Waals surface area contributed by atoms with E-state index >= 15 is 0 Å². The number of primary amides is 1. The zero-order chi connectivity index (χ0) is 15.1. The van der Waals surface area contributed by atoms with Crippen LogP contribution < -0.4 is 11.1 Å². The zero-order valence-electron chi connectivity index (χ0n) is 11.7. The van der Waals surface area contributed by atoms with Gasteiger partial charge < -0.3 is 16.0 Å². The van der Waals surface area contributed by atoms with Crippen LogP contribution in [0.1, 0.15) is 20.3 Å². The van der Waals surface area contributed by atoms with E-state index in [1.54, 1.807) is 29.2 Å². The van der Waals surface area contributed by atoms with Crippen LogP contribution in [0.5, 0.6) is 0 Å². The molecule has 1 aromatic rings. The van der Waals surface area contributed by atoms with E-state index in [4.69, 9.17) is 17.3 Å². The number of benzene rings is 1. The van der Waals surface area contributed by atoms with Gasteiger partial charge in [0.2, 0.25) is 11.8 Å². The molecule has 20 heavy (non-hydrogen) atoms. The second-order valence-corrected chi connectivity index (χ2v) is 4.81. The highest BCUT2D eigenvalue weighted by Gasteiger charge is 2.21. The Morgan fingerprint density at radius 3 is 2.25 bits per heavy atom. The van der Waals surface area contributed by atoms with E-state index < -0.39 is 11.9 Å². The fourth-order valence-corrected chi connectivity index (χ4v) is 1.98. The molecule has 0 bridgehead atoms. The molecule has 1 unspecified atom stereocenters. The van der Waals surface area contributed by atoms with Crippen molar-refractivity contribution in [2.24, 2.45) is 5.73 Å². The predicted molar refractivity (Wildman–Crippen MR) is 80.6 cm³/mol. The normalized spacial score (nSPS) is 11.8. The number of carbonyl (C=O) groups is 2. The number of anilines is 1. The van der Waals surface area contributed by atoms with E-state index in [9.17, 15) is 9.59 Å². The van der Waals surface area contributed by atoms with Crippen LogP contribution in [0, 0.1) is 0 Å². The zero-order valence-corrected chi connectivity index (χ0v) is 12.5. The van der Waals surface area contributed by atoms with Gasteiger partial charge >= 0.3 is 0 Å². The summed E-state index contributed by atoms with van der Waals surface area (Å²) >= 11 is 5.79. The molecule has 1 rings (SSSR count). The van der Waals surface area contributed by atoms with Crippen molar-refractivity contribution in [3.05, 3.63) is 29.3 Å². The van der Waals surface area contributed by atoms with Gasteiger partial charge in [0.05, 0.1) is 6.42 Å². The first-order chi connectivity index (χ1) is 9.47. The molecule has 5 nitrogen and oxygen atoms in total. The number of nitrogens with one attached hydrogen (secondary N) is 1. The van der Waals surface area contributed by atoms with E-state index in [0.29, 0.717) is 23.8 Å². The first-order valence-electron chi connectivity index (χ1n) is 6.57. The molecule has 0 fully saturated rings. The topological polar surface area (TPSA) is 75.4 Å². The van der Waals surface area contributed by atoms with E-state index in [2.05, 4.69) is 5.32 Å². The van der Waals surface area contributed by atoms with Crippen LogP contribution in [0.3, 0.4) is 0 Å². The number of nitrogens with two attached hydrogens (primary N) is 1. The third kappa shape index (κ3) is 4.74. The molecule has 0 aliphatic rings. The maximum absolute atomic E-state index is 12.0. The molecule has 0 saturated carbocycles. The summed E-state index contributed by atoms with van der Waals surface area (Å²) in [5.41, 5.74) is 6.05. The smallest absolute Gasteiger partial charge is 0.240 e. The maximum Gasteiger partial charge on any atom is 0.240 e. The first-order valence-corrected chi connectivity index (χ1v) is 6.94. The minimum Gasteiger partial charge on any atom is -0.373 e. The van der Waals surface area contributed by atoms with Crippen molar-refractivity contribution in [3.63, 3.8) is 0 Å². The van der Waals surface area contributed by atoms with E-state index in [0.717, 1.165) is 0 Å². The Balaban J connectivity index is 2.72. The lowest BCUT2D eigenvalue weighted by molar-refractivity contribution is -0.133. The summed E-state index contributed by atoms with van der Waals surface area (Å²) in [6.45, 7) is 5.02. The molecule has 0 spiro atoms. The fraction of sp³-hybridized carbons (Fsp3) is 0.429. The number of rotatable bonds is 7. The lowest BCUT2D eigenvalue weighted by Gasteiger charge is -2.22. The van der Waals surface area contributed by atoms with Gasteiger partial charge in [-0.1, -0.05) is 11.6 Å². The van der Waals surface area contributed by atoms with Gasteiger partial charge in [0.25, 0.3) is 0 Å². The van der Waals surface area contributed by atoms with Gasteiger partial charge in [0.15, 0.2) is 0 Å². The van der Waals surface area contributed by atoms with E-state index in [1.807, 2.05) is 13.8 Å². The Bertz CT molecular complexity index is 458. The Morgan fingerprint density at radius 2 is 1.80 bits per heavy atom. The van der Waals surface area contributed by atoms with Gasteiger partial charge in [-0.3, -0.25) is 9.59 Å². The van der Waals surface area contributed by atoms with Crippen molar-refractivity contribution in [2.75, 3.05) is 18.4 Å². The molecule has 2 amide bonds. The quantitative estimate of drug-likeness (QED) is 0.806. The van der Waals surface area contributed by atoms with Crippen LogP contribution in [0.4, 0.5) is 5.69 Å². The second-order valence-electron chi connectivity index (χ2n) is 4.38. The Hall–Kier alpha value is -1.75. The van der Waals surface area contributed by atoms with Gasteiger partial charge in [0.1, 0.15) is 6.04 Å². The van der Waals surface area contributed by atoms with Gasteiger partial charge in [-0.15, -0.1) is 0 Å². The van der Waals surface area contributed by atoms with Crippen molar-refractivity contribution in [3.8, 4) is 0 Å². The van der Waals surface area contributed by atoms with Gasteiger partial charge in [-0.2, -0.15) is 0 Å². The maximum atomic E-state index is 12.0. The van der Waals surface area contributed by atoms with Crippen LogP contribution in [0.25, 0.3) is 0 Å². The fourth-order valence-electron chi connectivity index (χ4n) is 1.85. The van der Waals surface area contributed by atoms with Crippen LogP contribution in [0.15, 0.2) is 24.3 Å². The van der Waals surface area contributed by atoms with E-state index in [-0.39, 0.29) is 12.3 Å². The number of hydrogen-bond donors (Lipinski definition) is 2. The summed E-state index contributed by atoms with van der Waals surface area (Å²) in [7, 11) is 0. The highest BCUT2D eigenvalue weighted by Crippen LogP contribution is 2.15. The molecule has 0 radical (unpaired) electrons. The third-order valence-electron chi connectivity index (χ3n) is 3.02. The average molecular weight is 298 g/mol. The molecule has 0 aliphatic carbocycles. The molecule has 1 atom stereocenters. The minimum atomic E-state index is -0.732. The minimum absolute atomic E-state index is 0.0413. The molecule has 6 heteroatoms. The average Bonchev–Trinajstić information content (AvgIpc) is 2.41. The SMILES string of the molecule is CCN(CC)C(=O)CC(Nc1ccc(Cl)cc1)C(N)=O. The Morgan fingerprint density at radius 1 is 1.25 bits per heavy atom. The molecule has 0 aromatic heterocycles. The van der Waals surface area contributed by atoms with Crippen LogP contribution in [-0.2, 0) is 9.59 Å². The van der Waals surface area contributed by atoms with Crippen LogP contribution in [0.2, 0.25) is 5.02 Å². The molecule has 0 saturated heterocycles. The summed E-state index contributed by atoms with van der Waals surface area (Å²) in [5.74, 6) is -0.652. The lowest BCUT2D eigenvalue weighted by Crippen LogP contribution is -2.41. The van der Waals surface area contributed by atoms with Gasteiger partial charge in [-0.05, 0) is 38.1 Å². The predicted octanol–water partition coefficient (Wildman–Crippen LogP) is 1.86. The number of hydrogen-bond acceptors (Lipinski definition) is 3. The monoisotopic (exact) mass is 297 g/mol. The number of nitrogens with zero attached hydrogens (tertiary/aromatic N) is 1. The summed E-state index contributed by atoms with van der Waals surface area (Å²) in [6.07, 6.45) is 0.0413. The summed E-state index contributed by atoms with van der Waals surface area (Å²) < 4.78 is 0. The Kier molecular flexibility index (Phi) is 6.31. The van der Waals surface area contributed by atoms with Crippen molar-refractivity contribution in [2.45, 2.75) is 26.3 Å². The summed E-state index contributed by atoms with van der Waals surface area (Å²) in [4.78, 5) is 25.2. The van der Waals surface area contributed by atoms with Crippen molar-refractivity contribution < 1.29 is 9.59 Å². The lowest BCUT2D eigenvalue weighted by atomic mass is 10.1. The van der Waals surface area contributed by atoms with E-state index in [1.165, 1.54) is 0 Å². The van der Waals surface area contributed by atoms with Crippen molar-refractivity contribution >= 4 is 29.1 Å². The molecule has 1 aromatic carbocycles. The summed E-state index contributed by atoms with van der Waals surface area (Å²) in [6, 6.07) is 6.15. The summed E-state index contributed by atoms with van der Waals surface area (Å²) in [5, 5.41) is 3.56. The highest BCUT2D eigenvalue weighted by atomic mass is 35.5. The van der Waals surface area contributed by atoms with Crippen molar-refractivity contribution in [1.82, 2.24) is 4.90 Å². The van der Waals surface area contributed by atoms with Crippen LogP contribution in [-0.4, -0.2) is 35.8 Å². The molecule has 0 aliphatic heterocycles. The number of halogens is 1. The largest absolute Gasteiger partial charge is 0.373 e. The molecule has 0 heterocycles. The van der Waals surface area contributed by atoms with Crippen molar-refractivity contribution in [1.29, 1.82) is 0 Å². The number of carbonyl (C=O) groups excluding carboxylic acids is 2.